The molecule has 0 radical (unpaired) electrons. The average molecular weight is 410 g/mol. The van der Waals surface area contributed by atoms with E-state index in [2.05, 4.69) is 11.9 Å². The summed E-state index contributed by atoms with van der Waals surface area (Å²) in [4.78, 5) is 16.5. The molecule has 0 bridgehead atoms. The average Bonchev–Trinajstić information content (AvgIpc) is 2.75. The molecule has 4 nitrogen and oxygen atoms in total. The van der Waals surface area contributed by atoms with Gasteiger partial charge in [-0.2, -0.15) is 0 Å². The number of Topliss-reactive ketones (excluding diaryl/α,β-unsaturated/α-hetero) is 1. The molecule has 0 saturated heterocycles. The zero-order chi connectivity index (χ0) is 21.5. The van der Waals surface area contributed by atoms with E-state index in [0.29, 0.717) is 29.9 Å². The molecule has 0 unspecified atom stereocenters. The molecule has 0 aliphatic rings. The number of nitrogens with zero attached hydrogens (tertiary/aromatic N) is 1. The number of methoxy groups -OCH3 is 2. The van der Waals surface area contributed by atoms with E-state index in [9.17, 15) is 9.18 Å². The van der Waals surface area contributed by atoms with E-state index in [1.54, 1.807) is 26.5 Å². The van der Waals surface area contributed by atoms with Crippen LogP contribution < -0.4 is 9.47 Å². The molecule has 0 amide bonds. The Kier molecular flexibility index (Phi) is 7.39. The first-order valence-corrected chi connectivity index (χ1v) is 10.3. The molecular formula is C25H28FNO3. The molecule has 2 aromatic carbocycles. The van der Waals surface area contributed by atoms with Gasteiger partial charge in [-0.1, -0.05) is 31.9 Å². The monoisotopic (exact) mass is 409 g/mol. The number of benzene rings is 2. The highest BCUT2D eigenvalue weighted by Crippen LogP contribution is 2.33. The Morgan fingerprint density at radius 2 is 1.77 bits per heavy atom. The highest BCUT2D eigenvalue weighted by atomic mass is 19.1. The SMILES string of the molecule is CCCCCC(=O)Cc1ccc(Cc2ccnc3cc(OC)c(OC)cc23)c(F)c1. The van der Waals surface area contributed by atoms with Crippen LogP contribution in [0.1, 0.15) is 49.3 Å². The molecule has 3 rings (SSSR count). The van der Waals surface area contributed by atoms with Crippen LogP contribution in [0.4, 0.5) is 4.39 Å². The Labute approximate surface area is 177 Å². The lowest BCUT2D eigenvalue weighted by Gasteiger charge is -2.12. The van der Waals surface area contributed by atoms with Crippen molar-refractivity contribution in [2.45, 2.75) is 45.4 Å². The van der Waals surface area contributed by atoms with Crippen LogP contribution in [-0.4, -0.2) is 25.0 Å². The number of fused-ring (bicyclic) bond motifs is 1. The Bertz CT molecular complexity index is 1030. The fourth-order valence-corrected chi connectivity index (χ4v) is 3.62. The normalized spacial score (nSPS) is 10.9. The summed E-state index contributed by atoms with van der Waals surface area (Å²) in [6.07, 6.45) is 6.02. The molecule has 0 atom stereocenters. The summed E-state index contributed by atoms with van der Waals surface area (Å²) in [6, 6.07) is 10.7. The lowest BCUT2D eigenvalue weighted by atomic mass is 9.98. The second-order valence-electron chi connectivity index (χ2n) is 7.47. The number of hydrogen-bond acceptors (Lipinski definition) is 4. The number of ether oxygens (including phenoxy) is 2. The second-order valence-corrected chi connectivity index (χ2v) is 7.47. The standard InChI is InChI=1S/C25H28FNO3/c1-4-5-6-7-20(28)12-17-8-9-19(22(26)13-17)14-18-10-11-27-23-16-25(30-3)24(29-2)15-21(18)23/h8-11,13,15-16H,4-7,12,14H2,1-3H3. The van der Waals surface area contributed by atoms with Gasteiger partial charge in [0.05, 0.1) is 19.7 Å². The van der Waals surface area contributed by atoms with E-state index in [1.807, 2.05) is 24.3 Å². The topological polar surface area (TPSA) is 48.4 Å². The van der Waals surface area contributed by atoms with Crippen molar-refractivity contribution in [3.05, 3.63) is 65.1 Å². The van der Waals surface area contributed by atoms with Gasteiger partial charge in [0.15, 0.2) is 11.5 Å². The zero-order valence-corrected chi connectivity index (χ0v) is 17.8. The first-order valence-electron chi connectivity index (χ1n) is 10.3. The third kappa shape index (κ3) is 5.15. The molecule has 0 aliphatic heterocycles. The molecule has 30 heavy (non-hydrogen) atoms. The Morgan fingerprint density at radius 1 is 1.00 bits per heavy atom. The van der Waals surface area contributed by atoms with Crippen molar-refractivity contribution in [3.8, 4) is 11.5 Å². The summed E-state index contributed by atoms with van der Waals surface area (Å²) in [5, 5.41) is 0.893. The zero-order valence-electron chi connectivity index (χ0n) is 17.8. The van der Waals surface area contributed by atoms with Crippen molar-refractivity contribution in [2.24, 2.45) is 0 Å². The van der Waals surface area contributed by atoms with Crippen molar-refractivity contribution in [1.29, 1.82) is 0 Å². The molecule has 5 heteroatoms. The lowest BCUT2D eigenvalue weighted by Crippen LogP contribution is -2.04. The summed E-state index contributed by atoms with van der Waals surface area (Å²) in [7, 11) is 3.17. The maximum absolute atomic E-state index is 14.8. The first-order chi connectivity index (χ1) is 14.5. The molecule has 0 N–H and O–H groups in total. The van der Waals surface area contributed by atoms with E-state index in [0.717, 1.165) is 41.3 Å². The number of unbranched alkanes of at least 4 members (excludes halogenated alkanes) is 2. The van der Waals surface area contributed by atoms with Gasteiger partial charge in [0.2, 0.25) is 0 Å². The van der Waals surface area contributed by atoms with Crippen LogP contribution in [0, 0.1) is 5.82 Å². The van der Waals surface area contributed by atoms with Gasteiger partial charge in [0.25, 0.3) is 0 Å². The maximum Gasteiger partial charge on any atom is 0.162 e. The fraction of sp³-hybridized carbons (Fsp3) is 0.360. The number of rotatable bonds is 10. The predicted molar refractivity (Wildman–Crippen MR) is 117 cm³/mol. The van der Waals surface area contributed by atoms with Gasteiger partial charge in [0.1, 0.15) is 11.6 Å². The van der Waals surface area contributed by atoms with Crippen LogP contribution in [0.5, 0.6) is 11.5 Å². The van der Waals surface area contributed by atoms with Gasteiger partial charge in [0, 0.05) is 36.9 Å². The largest absolute Gasteiger partial charge is 0.493 e. The second kappa shape index (κ2) is 10.2. The fourth-order valence-electron chi connectivity index (χ4n) is 3.62. The minimum atomic E-state index is -0.292. The number of pyridine rings is 1. The third-order valence-corrected chi connectivity index (χ3v) is 5.30. The van der Waals surface area contributed by atoms with Crippen molar-refractivity contribution in [2.75, 3.05) is 14.2 Å². The van der Waals surface area contributed by atoms with Gasteiger partial charge in [-0.15, -0.1) is 0 Å². The lowest BCUT2D eigenvalue weighted by molar-refractivity contribution is -0.118. The highest BCUT2D eigenvalue weighted by Gasteiger charge is 2.13. The van der Waals surface area contributed by atoms with Gasteiger partial charge >= 0.3 is 0 Å². The highest BCUT2D eigenvalue weighted by molar-refractivity contribution is 5.86. The summed E-state index contributed by atoms with van der Waals surface area (Å²) >= 11 is 0. The molecule has 158 valence electrons. The summed E-state index contributed by atoms with van der Waals surface area (Å²) in [5.74, 6) is 1.08. The number of ketones is 1. The first kappa shape index (κ1) is 21.8. The molecule has 1 heterocycles. The Balaban J connectivity index is 1.81. The summed E-state index contributed by atoms with van der Waals surface area (Å²) < 4.78 is 25.5. The number of carbonyl (C=O) groups excluding carboxylic acids is 1. The van der Waals surface area contributed by atoms with Gasteiger partial charge in [-0.05, 0) is 41.3 Å². The molecule has 0 aliphatic carbocycles. The van der Waals surface area contributed by atoms with Crippen LogP contribution in [-0.2, 0) is 17.6 Å². The number of carbonyl (C=O) groups is 1. The van der Waals surface area contributed by atoms with Crippen molar-refractivity contribution in [1.82, 2.24) is 4.98 Å². The van der Waals surface area contributed by atoms with E-state index in [-0.39, 0.29) is 18.0 Å². The maximum atomic E-state index is 14.8. The number of hydrogen-bond donors (Lipinski definition) is 0. The summed E-state index contributed by atoms with van der Waals surface area (Å²) in [5.41, 5.74) is 3.02. The molecule has 3 aromatic rings. The molecule has 1 aromatic heterocycles. The smallest absolute Gasteiger partial charge is 0.162 e. The number of halogens is 1. The van der Waals surface area contributed by atoms with Crippen molar-refractivity contribution >= 4 is 16.7 Å². The molecule has 0 saturated carbocycles. The quantitative estimate of drug-likeness (QED) is 0.405. The number of aromatic nitrogens is 1. The van der Waals surface area contributed by atoms with Crippen LogP contribution in [0.2, 0.25) is 0 Å². The van der Waals surface area contributed by atoms with E-state index in [1.165, 1.54) is 6.07 Å². The van der Waals surface area contributed by atoms with Crippen LogP contribution in [0.15, 0.2) is 42.6 Å². The van der Waals surface area contributed by atoms with Crippen molar-refractivity contribution in [3.63, 3.8) is 0 Å². The Hall–Kier alpha value is -2.95. The molecule has 0 spiro atoms. The summed E-state index contributed by atoms with van der Waals surface area (Å²) in [6.45, 7) is 2.11. The van der Waals surface area contributed by atoms with E-state index in [4.69, 9.17) is 9.47 Å². The minimum absolute atomic E-state index is 0.164. The van der Waals surface area contributed by atoms with Crippen LogP contribution in [0.3, 0.4) is 0 Å². The van der Waals surface area contributed by atoms with Crippen LogP contribution in [0.25, 0.3) is 10.9 Å². The third-order valence-electron chi connectivity index (χ3n) is 5.30. The van der Waals surface area contributed by atoms with Crippen molar-refractivity contribution < 1.29 is 18.7 Å². The molecule has 0 fully saturated rings. The molecular weight excluding hydrogens is 381 g/mol. The van der Waals surface area contributed by atoms with E-state index >= 15 is 0 Å². The predicted octanol–water partition coefficient (Wildman–Crippen LogP) is 5.67. The van der Waals surface area contributed by atoms with Gasteiger partial charge < -0.3 is 9.47 Å². The van der Waals surface area contributed by atoms with Gasteiger partial charge in [-0.25, -0.2) is 4.39 Å². The van der Waals surface area contributed by atoms with Gasteiger partial charge in [-0.3, -0.25) is 9.78 Å². The minimum Gasteiger partial charge on any atom is -0.493 e. The Morgan fingerprint density at radius 3 is 2.47 bits per heavy atom. The van der Waals surface area contributed by atoms with E-state index < -0.39 is 0 Å². The van der Waals surface area contributed by atoms with Crippen LogP contribution >= 0.6 is 0 Å².